The van der Waals surface area contributed by atoms with E-state index in [-0.39, 0.29) is 6.10 Å². The molecule has 0 aromatic rings. The molecule has 0 amide bonds. The summed E-state index contributed by atoms with van der Waals surface area (Å²) in [6, 6.07) is 0.606. The van der Waals surface area contributed by atoms with Crippen LogP contribution in [0.3, 0.4) is 0 Å². The maximum Gasteiger partial charge on any atom is 0.0578 e. The predicted octanol–water partition coefficient (Wildman–Crippen LogP) is 2.25. The van der Waals surface area contributed by atoms with Gasteiger partial charge in [0.15, 0.2) is 0 Å². The Bertz CT molecular complexity index is 301. The molecule has 116 valence electrons. The van der Waals surface area contributed by atoms with Gasteiger partial charge in [0, 0.05) is 25.7 Å². The Morgan fingerprint density at radius 2 is 1.95 bits per heavy atom. The summed E-state index contributed by atoms with van der Waals surface area (Å²) in [7, 11) is 0. The van der Waals surface area contributed by atoms with Gasteiger partial charge in [-0.1, -0.05) is 13.3 Å². The second-order valence-electron chi connectivity index (χ2n) is 7.54. The molecule has 2 saturated carbocycles. The van der Waals surface area contributed by atoms with Gasteiger partial charge in [-0.05, 0) is 62.8 Å². The fourth-order valence-corrected chi connectivity index (χ4v) is 3.84. The van der Waals surface area contributed by atoms with E-state index < -0.39 is 0 Å². The first-order valence-electron chi connectivity index (χ1n) is 8.88. The summed E-state index contributed by atoms with van der Waals surface area (Å²) in [5.74, 6) is 2.37. The van der Waals surface area contributed by atoms with Crippen LogP contribution in [0.4, 0.5) is 0 Å². The minimum absolute atomic E-state index is 0.106. The minimum Gasteiger partial charge on any atom is -0.393 e. The summed E-state index contributed by atoms with van der Waals surface area (Å²) in [5, 5.41) is 14.1. The highest BCUT2D eigenvalue weighted by molar-refractivity contribution is 4.89. The van der Waals surface area contributed by atoms with E-state index >= 15 is 0 Å². The average molecular weight is 280 g/mol. The zero-order valence-corrected chi connectivity index (χ0v) is 13.1. The van der Waals surface area contributed by atoms with E-state index in [2.05, 4.69) is 17.1 Å². The lowest BCUT2D eigenvalue weighted by Crippen LogP contribution is -2.53. The lowest BCUT2D eigenvalue weighted by molar-refractivity contribution is 0.0327. The van der Waals surface area contributed by atoms with Gasteiger partial charge in [-0.3, -0.25) is 0 Å². The largest absolute Gasteiger partial charge is 0.393 e. The molecule has 1 aliphatic heterocycles. The molecule has 0 spiro atoms. The van der Waals surface area contributed by atoms with E-state index in [0.29, 0.717) is 12.0 Å². The number of aliphatic hydroxyl groups is 1. The van der Waals surface area contributed by atoms with Crippen LogP contribution >= 0.6 is 0 Å². The van der Waals surface area contributed by atoms with E-state index in [1.54, 1.807) is 0 Å². The van der Waals surface area contributed by atoms with Crippen molar-refractivity contribution in [3.05, 3.63) is 0 Å². The quantitative estimate of drug-likeness (QED) is 0.751. The second-order valence-corrected chi connectivity index (χ2v) is 7.54. The molecule has 0 bridgehead atoms. The summed E-state index contributed by atoms with van der Waals surface area (Å²) >= 11 is 0. The molecule has 3 fully saturated rings. The van der Waals surface area contributed by atoms with Crippen molar-refractivity contribution in [2.75, 3.05) is 26.2 Å². The lowest BCUT2D eigenvalue weighted by Gasteiger charge is -2.41. The van der Waals surface area contributed by atoms with Crippen molar-refractivity contribution in [2.45, 2.75) is 64.0 Å². The Kier molecular flexibility index (Phi) is 5.00. The summed E-state index contributed by atoms with van der Waals surface area (Å²) in [5.41, 5.74) is 0. The molecule has 3 heteroatoms. The lowest BCUT2D eigenvalue weighted by atomic mass is 9.84. The van der Waals surface area contributed by atoms with E-state index in [1.807, 2.05) is 0 Å². The van der Waals surface area contributed by atoms with Gasteiger partial charge < -0.3 is 15.3 Å². The van der Waals surface area contributed by atoms with Crippen molar-refractivity contribution in [1.82, 2.24) is 10.2 Å². The molecule has 20 heavy (non-hydrogen) atoms. The highest BCUT2D eigenvalue weighted by atomic mass is 16.3. The van der Waals surface area contributed by atoms with Gasteiger partial charge >= 0.3 is 0 Å². The third kappa shape index (κ3) is 3.96. The number of likely N-dealkylation sites (tertiary alicyclic amines) is 1. The van der Waals surface area contributed by atoms with Crippen molar-refractivity contribution in [2.24, 2.45) is 17.8 Å². The van der Waals surface area contributed by atoms with Crippen LogP contribution in [0, 0.1) is 17.8 Å². The third-order valence-corrected chi connectivity index (χ3v) is 5.65. The van der Waals surface area contributed by atoms with Crippen LogP contribution in [0.1, 0.15) is 51.9 Å². The molecule has 1 heterocycles. The van der Waals surface area contributed by atoms with Crippen LogP contribution in [0.2, 0.25) is 0 Å². The fourth-order valence-electron chi connectivity index (χ4n) is 3.84. The van der Waals surface area contributed by atoms with Crippen molar-refractivity contribution >= 4 is 0 Å². The Labute approximate surface area is 124 Å². The maximum absolute atomic E-state index is 10.2. The van der Waals surface area contributed by atoms with Crippen LogP contribution < -0.4 is 5.32 Å². The number of hydrogen-bond acceptors (Lipinski definition) is 3. The van der Waals surface area contributed by atoms with Gasteiger partial charge in [-0.25, -0.2) is 0 Å². The molecule has 3 aliphatic rings. The van der Waals surface area contributed by atoms with E-state index in [9.17, 15) is 5.11 Å². The molecular weight excluding hydrogens is 248 g/mol. The second kappa shape index (κ2) is 6.76. The van der Waals surface area contributed by atoms with Crippen molar-refractivity contribution in [1.29, 1.82) is 0 Å². The van der Waals surface area contributed by atoms with Crippen LogP contribution in [-0.4, -0.2) is 48.3 Å². The first-order valence-corrected chi connectivity index (χ1v) is 8.88. The van der Waals surface area contributed by atoms with Gasteiger partial charge in [0.2, 0.25) is 0 Å². The van der Waals surface area contributed by atoms with Crippen LogP contribution in [0.15, 0.2) is 0 Å². The minimum atomic E-state index is -0.106. The van der Waals surface area contributed by atoms with Crippen molar-refractivity contribution in [3.8, 4) is 0 Å². The number of nitrogens with one attached hydrogen (secondary N) is 1. The van der Waals surface area contributed by atoms with Crippen LogP contribution in [0.25, 0.3) is 0 Å². The number of hydrogen-bond donors (Lipinski definition) is 2. The zero-order valence-electron chi connectivity index (χ0n) is 13.1. The number of rotatable bonds is 7. The fraction of sp³-hybridized carbons (Fsp3) is 1.00. The summed E-state index contributed by atoms with van der Waals surface area (Å²) < 4.78 is 0. The van der Waals surface area contributed by atoms with Gasteiger partial charge in [-0.2, -0.15) is 0 Å². The molecule has 3 rings (SSSR count). The standard InChI is InChI=1S/C17H32N2O/c1-2-17(20)15-8-16(18-9-13-4-3-5-13)12-19(11-15)10-14-6-7-14/h13-18,20H,2-12H2,1H3. The van der Waals surface area contributed by atoms with Gasteiger partial charge in [0.1, 0.15) is 0 Å². The molecule has 0 aromatic heterocycles. The SMILES string of the molecule is CCC(O)C1CC(NCC2CCC2)CN(CC2CC2)C1. The van der Waals surface area contributed by atoms with E-state index in [1.165, 1.54) is 58.2 Å². The number of nitrogens with zero attached hydrogens (tertiary/aromatic N) is 1. The average Bonchev–Trinajstić information content (AvgIpc) is 3.19. The number of aliphatic hydroxyl groups excluding tert-OH is 1. The van der Waals surface area contributed by atoms with Crippen LogP contribution in [0.5, 0.6) is 0 Å². The molecule has 0 radical (unpaired) electrons. The zero-order chi connectivity index (χ0) is 13.9. The Balaban J connectivity index is 1.50. The molecule has 3 unspecified atom stereocenters. The Morgan fingerprint density at radius 1 is 1.15 bits per heavy atom. The first-order chi connectivity index (χ1) is 9.74. The van der Waals surface area contributed by atoms with E-state index in [4.69, 9.17) is 0 Å². The number of piperidine rings is 1. The summed E-state index contributed by atoms with van der Waals surface area (Å²) in [6.07, 6.45) is 9.10. The van der Waals surface area contributed by atoms with Gasteiger partial charge in [-0.15, -0.1) is 0 Å². The van der Waals surface area contributed by atoms with E-state index in [0.717, 1.165) is 24.8 Å². The summed E-state index contributed by atoms with van der Waals surface area (Å²) in [4.78, 5) is 2.63. The Morgan fingerprint density at radius 3 is 2.55 bits per heavy atom. The summed E-state index contributed by atoms with van der Waals surface area (Å²) in [6.45, 7) is 6.91. The predicted molar refractivity (Wildman–Crippen MR) is 82.7 cm³/mol. The smallest absolute Gasteiger partial charge is 0.0578 e. The molecule has 2 N–H and O–H groups in total. The Hall–Kier alpha value is -0.120. The van der Waals surface area contributed by atoms with Crippen molar-refractivity contribution < 1.29 is 5.11 Å². The normalized spacial score (nSPS) is 33.9. The molecular formula is C17H32N2O. The maximum atomic E-state index is 10.2. The topological polar surface area (TPSA) is 35.5 Å². The highest BCUT2D eigenvalue weighted by Crippen LogP contribution is 2.32. The monoisotopic (exact) mass is 280 g/mol. The van der Waals surface area contributed by atoms with Gasteiger partial charge in [0.25, 0.3) is 0 Å². The molecule has 3 nitrogen and oxygen atoms in total. The molecule has 3 atom stereocenters. The van der Waals surface area contributed by atoms with Crippen LogP contribution in [-0.2, 0) is 0 Å². The first kappa shape index (κ1) is 14.8. The van der Waals surface area contributed by atoms with Crippen molar-refractivity contribution in [3.63, 3.8) is 0 Å². The molecule has 1 saturated heterocycles. The van der Waals surface area contributed by atoms with Gasteiger partial charge in [0.05, 0.1) is 6.10 Å². The molecule has 0 aromatic carbocycles. The molecule has 2 aliphatic carbocycles. The third-order valence-electron chi connectivity index (χ3n) is 5.65. The highest BCUT2D eigenvalue weighted by Gasteiger charge is 2.34.